The monoisotopic (exact) mass is 376 g/mol. The van der Waals surface area contributed by atoms with Crippen LogP contribution in [0.15, 0.2) is 29.3 Å². The second-order valence-electron chi connectivity index (χ2n) is 7.20. The third-order valence-corrected chi connectivity index (χ3v) is 4.59. The van der Waals surface area contributed by atoms with Crippen LogP contribution in [0.25, 0.3) is 0 Å². The van der Waals surface area contributed by atoms with Gasteiger partial charge in [0.1, 0.15) is 0 Å². The zero-order valence-electron chi connectivity index (χ0n) is 17.1. The molecule has 3 N–H and O–H groups in total. The van der Waals surface area contributed by atoms with Crippen molar-refractivity contribution in [3.05, 3.63) is 29.8 Å². The third-order valence-electron chi connectivity index (χ3n) is 4.59. The zero-order valence-corrected chi connectivity index (χ0v) is 17.1. The molecule has 1 aliphatic rings. The summed E-state index contributed by atoms with van der Waals surface area (Å²) in [5.74, 6) is 1.45. The fourth-order valence-corrected chi connectivity index (χ4v) is 2.85. The lowest BCUT2D eigenvalue weighted by Crippen LogP contribution is -2.42. The number of likely N-dealkylation sites (N-methyl/N-ethyl adjacent to an activating group) is 1. The maximum absolute atomic E-state index is 10.0. The van der Waals surface area contributed by atoms with Crippen LogP contribution >= 0.6 is 0 Å². The summed E-state index contributed by atoms with van der Waals surface area (Å²) >= 11 is 0. The quantitative estimate of drug-likeness (QED) is 0.385. The topological polar surface area (TPSA) is 69.1 Å². The average Bonchev–Trinajstić information content (AvgIpc) is 3.47. The second-order valence-corrected chi connectivity index (χ2v) is 7.20. The number of nitrogens with one attached hydrogen (secondary N) is 2. The molecular weight excluding hydrogens is 340 g/mol. The molecule has 27 heavy (non-hydrogen) atoms. The Bertz CT molecular complexity index is 575. The number of hydrogen-bond donors (Lipinski definition) is 3. The Balaban J connectivity index is 1.74. The van der Waals surface area contributed by atoms with Crippen LogP contribution in [-0.4, -0.2) is 63.1 Å². The van der Waals surface area contributed by atoms with Crippen LogP contribution in [-0.2, 0) is 4.74 Å². The van der Waals surface area contributed by atoms with Crippen molar-refractivity contribution in [1.82, 2.24) is 10.6 Å². The Morgan fingerprint density at radius 1 is 1.33 bits per heavy atom. The molecule has 6 nitrogen and oxygen atoms in total. The van der Waals surface area contributed by atoms with Crippen LogP contribution in [0.4, 0.5) is 5.69 Å². The number of nitrogens with zero attached hydrogens (tertiary/aromatic N) is 2. The molecule has 0 radical (unpaired) electrons. The van der Waals surface area contributed by atoms with Crippen molar-refractivity contribution in [3.63, 3.8) is 0 Å². The summed E-state index contributed by atoms with van der Waals surface area (Å²) in [5, 5.41) is 16.6. The van der Waals surface area contributed by atoms with Gasteiger partial charge in [-0.25, -0.2) is 0 Å². The van der Waals surface area contributed by atoms with Gasteiger partial charge in [0.15, 0.2) is 5.96 Å². The van der Waals surface area contributed by atoms with E-state index in [1.807, 2.05) is 6.92 Å². The molecular formula is C21H36N4O2. The molecule has 0 aromatic heterocycles. The standard InChI is InChI=1S/C21H36N4O2/c1-4-22-21(24-14-20(26)16-27-15-18-9-10-18)23-11-12-25(5-2)19-8-6-7-17(3)13-19/h6-8,13,18,20,26H,4-5,9-12,14-16H2,1-3H3,(H2,22,23,24). The minimum atomic E-state index is -0.557. The van der Waals surface area contributed by atoms with Crippen LogP contribution < -0.4 is 15.5 Å². The average molecular weight is 377 g/mol. The smallest absolute Gasteiger partial charge is 0.191 e. The third kappa shape index (κ3) is 8.63. The number of aliphatic hydroxyl groups is 1. The van der Waals surface area contributed by atoms with Gasteiger partial charge < -0.3 is 25.4 Å². The van der Waals surface area contributed by atoms with Crippen molar-refractivity contribution in [3.8, 4) is 0 Å². The van der Waals surface area contributed by atoms with Gasteiger partial charge in [0.25, 0.3) is 0 Å². The highest BCUT2D eigenvalue weighted by Gasteiger charge is 2.21. The second kappa shape index (κ2) is 11.8. The number of aryl methyl sites for hydroxylation is 1. The van der Waals surface area contributed by atoms with Gasteiger partial charge in [0, 0.05) is 38.5 Å². The molecule has 1 atom stereocenters. The Kier molecular flexibility index (Phi) is 9.42. The van der Waals surface area contributed by atoms with Crippen molar-refractivity contribution in [2.75, 3.05) is 50.8 Å². The Morgan fingerprint density at radius 3 is 2.81 bits per heavy atom. The van der Waals surface area contributed by atoms with E-state index in [9.17, 15) is 5.11 Å². The first-order chi connectivity index (χ1) is 13.1. The molecule has 1 saturated carbocycles. The first-order valence-corrected chi connectivity index (χ1v) is 10.2. The van der Waals surface area contributed by atoms with Gasteiger partial charge in [-0.2, -0.15) is 0 Å². The maximum Gasteiger partial charge on any atom is 0.191 e. The predicted molar refractivity (Wildman–Crippen MR) is 113 cm³/mol. The highest BCUT2D eigenvalue weighted by Crippen LogP contribution is 2.28. The SMILES string of the molecule is CCNC(=NCC(O)COCC1CC1)NCCN(CC)c1cccc(C)c1. The molecule has 0 bridgehead atoms. The number of guanidine groups is 1. The van der Waals surface area contributed by atoms with Crippen LogP contribution in [0.3, 0.4) is 0 Å². The van der Waals surface area contributed by atoms with Crippen LogP contribution in [0.1, 0.15) is 32.3 Å². The van der Waals surface area contributed by atoms with E-state index >= 15 is 0 Å². The van der Waals surface area contributed by atoms with Gasteiger partial charge in [0.05, 0.1) is 19.3 Å². The van der Waals surface area contributed by atoms with Crippen molar-refractivity contribution < 1.29 is 9.84 Å². The molecule has 1 fully saturated rings. The van der Waals surface area contributed by atoms with Crippen molar-refractivity contribution in [2.45, 2.75) is 39.7 Å². The van der Waals surface area contributed by atoms with Gasteiger partial charge in [-0.1, -0.05) is 12.1 Å². The Morgan fingerprint density at radius 2 is 2.15 bits per heavy atom. The maximum atomic E-state index is 10.0. The lowest BCUT2D eigenvalue weighted by atomic mass is 10.2. The van der Waals surface area contributed by atoms with Gasteiger partial charge in [-0.15, -0.1) is 0 Å². The van der Waals surface area contributed by atoms with Crippen LogP contribution in [0, 0.1) is 12.8 Å². The van der Waals surface area contributed by atoms with E-state index in [-0.39, 0.29) is 0 Å². The van der Waals surface area contributed by atoms with Crippen LogP contribution in [0.2, 0.25) is 0 Å². The van der Waals surface area contributed by atoms with Crippen molar-refractivity contribution in [2.24, 2.45) is 10.9 Å². The number of anilines is 1. The Hall–Kier alpha value is -1.79. The summed E-state index contributed by atoms with van der Waals surface area (Å²) in [7, 11) is 0. The molecule has 0 heterocycles. The van der Waals surface area contributed by atoms with E-state index < -0.39 is 6.10 Å². The van der Waals surface area contributed by atoms with Crippen LogP contribution in [0.5, 0.6) is 0 Å². The fourth-order valence-electron chi connectivity index (χ4n) is 2.85. The van der Waals surface area contributed by atoms with E-state index in [0.717, 1.165) is 44.7 Å². The van der Waals surface area contributed by atoms with Gasteiger partial charge in [0.2, 0.25) is 0 Å². The molecule has 1 aromatic rings. The minimum absolute atomic E-state index is 0.343. The van der Waals surface area contributed by atoms with Gasteiger partial charge >= 0.3 is 0 Å². The first kappa shape index (κ1) is 21.5. The van der Waals surface area contributed by atoms with Gasteiger partial charge in [-0.3, -0.25) is 4.99 Å². The summed E-state index contributed by atoms with van der Waals surface area (Å²) in [4.78, 5) is 6.82. The summed E-state index contributed by atoms with van der Waals surface area (Å²) in [6.45, 7) is 11.2. The van der Waals surface area contributed by atoms with E-state index in [0.29, 0.717) is 13.2 Å². The number of aliphatic hydroxyl groups excluding tert-OH is 1. The molecule has 0 aliphatic heterocycles. The summed E-state index contributed by atoms with van der Waals surface area (Å²) in [6, 6.07) is 8.57. The van der Waals surface area contributed by atoms with Crippen molar-refractivity contribution in [1.29, 1.82) is 0 Å². The molecule has 0 spiro atoms. The fraction of sp³-hybridized carbons (Fsp3) is 0.667. The molecule has 2 rings (SSSR count). The lowest BCUT2D eigenvalue weighted by molar-refractivity contribution is 0.0368. The van der Waals surface area contributed by atoms with Gasteiger partial charge in [-0.05, 0) is 57.2 Å². The molecule has 0 amide bonds. The van der Waals surface area contributed by atoms with E-state index in [1.54, 1.807) is 0 Å². The molecule has 1 unspecified atom stereocenters. The summed E-state index contributed by atoms with van der Waals surface area (Å²) in [5.41, 5.74) is 2.51. The number of hydrogen-bond acceptors (Lipinski definition) is 4. The molecule has 0 saturated heterocycles. The molecule has 1 aliphatic carbocycles. The first-order valence-electron chi connectivity index (χ1n) is 10.2. The molecule has 152 valence electrons. The number of rotatable bonds is 12. The molecule has 6 heteroatoms. The molecule has 1 aromatic carbocycles. The minimum Gasteiger partial charge on any atom is -0.389 e. The largest absolute Gasteiger partial charge is 0.389 e. The summed E-state index contributed by atoms with van der Waals surface area (Å²) in [6.07, 6.45) is 1.97. The number of benzene rings is 1. The van der Waals surface area contributed by atoms with E-state index in [1.165, 1.54) is 24.1 Å². The highest BCUT2D eigenvalue weighted by molar-refractivity contribution is 5.79. The number of aliphatic imine (C=N–C) groups is 1. The van der Waals surface area contributed by atoms with E-state index in [2.05, 4.69) is 58.6 Å². The van der Waals surface area contributed by atoms with E-state index in [4.69, 9.17) is 4.74 Å². The van der Waals surface area contributed by atoms with Crippen molar-refractivity contribution >= 4 is 11.6 Å². The Labute approximate surface area is 164 Å². The lowest BCUT2D eigenvalue weighted by Gasteiger charge is -2.24. The number of ether oxygens (including phenoxy) is 1. The summed E-state index contributed by atoms with van der Waals surface area (Å²) < 4.78 is 5.53. The predicted octanol–water partition coefficient (Wildman–Crippen LogP) is 2.16. The normalized spacial score (nSPS) is 15.5. The zero-order chi connectivity index (χ0) is 19.5. The highest BCUT2D eigenvalue weighted by atomic mass is 16.5.